The first-order valence-corrected chi connectivity index (χ1v) is 8.18. The lowest BCUT2D eigenvalue weighted by Gasteiger charge is -2.31. The second-order valence-corrected chi connectivity index (χ2v) is 5.89. The van der Waals surface area contributed by atoms with Crippen molar-refractivity contribution in [1.82, 2.24) is 14.9 Å². The van der Waals surface area contributed by atoms with Crippen molar-refractivity contribution in [1.29, 1.82) is 0 Å². The number of piperidine rings is 1. The first-order chi connectivity index (χ1) is 12.2. The lowest BCUT2D eigenvalue weighted by atomic mass is 9.93. The van der Waals surface area contributed by atoms with E-state index in [4.69, 9.17) is 9.47 Å². The molecule has 1 amide bonds. The number of amides is 1. The van der Waals surface area contributed by atoms with Gasteiger partial charge in [0.2, 0.25) is 11.8 Å². The molecule has 1 aliphatic rings. The smallest absolute Gasteiger partial charge is 0.248 e. The molecule has 1 aliphatic heterocycles. The molecule has 0 spiro atoms. The molecule has 0 N–H and O–H groups in total. The summed E-state index contributed by atoms with van der Waals surface area (Å²) in [5.74, 6) is 0.782. The molecular formula is C18H20FN3O3. The van der Waals surface area contributed by atoms with Crippen LogP contribution in [0.1, 0.15) is 24.5 Å². The Hall–Kier alpha value is -2.54. The second kappa shape index (κ2) is 8.02. The van der Waals surface area contributed by atoms with Crippen LogP contribution < -0.4 is 4.74 Å². The van der Waals surface area contributed by atoms with Gasteiger partial charge in [-0.2, -0.15) is 0 Å². The van der Waals surface area contributed by atoms with E-state index in [1.165, 1.54) is 19.2 Å². The first-order valence-electron chi connectivity index (χ1n) is 8.18. The van der Waals surface area contributed by atoms with Crippen molar-refractivity contribution in [3.05, 3.63) is 48.2 Å². The summed E-state index contributed by atoms with van der Waals surface area (Å²) in [6.07, 6.45) is 4.77. The zero-order valence-electron chi connectivity index (χ0n) is 14.0. The fraction of sp³-hybridized carbons (Fsp3) is 0.389. The van der Waals surface area contributed by atoms with Gasteiger partial charge < -0.3 is 14.4 Å². The van der Waals surface area contributed by atoms with Crippen LogP contribution in [0.4, 0.5) is 4.39 Å². The number of hydrogen-bond acceptors (Lipinski definition) is 5. The van der Waals surface area contributed by atoms with Crippen LogP contribution in [0.3, 0.4) is 0 Å². The molecule has 0 aliphatic carbocycles. The van der Waals surface area contributed by atoms with Gasteiger partial charge in [0, 0.05) is 38.5 Å². The Balaban J connectivity index is 1.69. The van der Waals surface area contributed by atoms with Gasteiger partial charge in [-0.15, -0.1) is 0 Å². The first kappa shape index (κ1) is 17.3. The lowest BCUT2D eigenvalue weighted by molar-refractivity contribution is -0.136. The number of aromatic nitrogens is 2. The van der Waals surface area contributed by atoms with Gasteiger partial charge in [-0.1, -0.05) is 0 Å². The minimum Gasteiger partial charge on any atom is -0.437 e. The van der Waals surface area contributed by atoms with Gasteiger partial charge >= 0.3 is 0 Å². The van der Waals surface area contributed by atoms with Crippen LogP contribution >= 0.6 is 0 Å². The van der Waals surface area contributed by atoms with E-state index in [1.807, 2.05) is 0 Å². The second-order valence-electron chi connectivity index (χ2n) is 5.89. The highest BCUT2D eigenvalue weighted by Crippen LogP contribution is 2.33. The van der Waals surface area contributed by atoms with Gasteiger partial charge in [-0.05, 0) is 37.1 Å². The third kappa shape index (κ3) is 4.30. The zero-order chi connectivity index (χ0) is 17.6. The summed E-state index contributed by atoms with van der Waals surface area (Å²) in [4.78, 5) is 22.4. The highest BCUT2D eigenvalue weighted by atomic mass is 19.1. The average molecular weight is 345 g/mol. The molecule has 0 unspecified atom stereocenters. The van der Waals surface area contributed by atoms with Gasteiger partial charge in [0.15, 0.2) is 0 Å². The Bertz CT molecular complexity index is 716. The maximum absolute atomic E-state index is 13.0. The van der Waals surface area contributed by atoms with E-state index < -0.39 is 0 Å². The molecule has 0 radical (unpaired) electrons. The van der Waals surface area contributed by atoms with Gasteiger partial charge in [0.25, 0.3) is 0 Å². The molecule has 25 heavy (non-hydrogen) atoms. The number of halogens is 1. The predicted octanol–water partition coefficient (Wildman–Crippen LogP) is 2.76. The third-order valence-electron chi connectivity index (χ3n) is 4.22. The minimum absolute atomic E-state index is 0.00267. The summed E-state index contributed by atoms with van der Waals surface area (Å²) in [7, 11) is 1.52. The average Bonchev–Trinajstić information content (AvgIpc) is 2.64. The van der Waals surface area contributed by atoms with Crippen molar-refractivity contribution in [3.8, 4) is 11.6 Å². The van der Waals surface area contributed by atoms with Crippen molar-refractivity contribution < 1.29 is 18.7 Å². The van der Waals surface area contributed by atoms with Crippen molar-refractivity contribution in [2.45, 2.75) is 18.8 Å². The maximum atomic E-state index is 13.0. The molecule has 1 fully saturated rings. The molecule has 6 nitrogen and oxygen atoms in total. The molecule has 0 saturated carbocycles. The fourth-order valence-corrected chi connectivity index (χ4v) is 2.93. The standard InChI is InChI=1S/C18H20FN3O3/c1-24-12-16(23)22-10-6-13(7-11-22)17-18(21-9-8-20-17)25-15-4-2-14(19)3-5-15/h2-5,8-9,13H,6-7,10-12H2,1H3. The number of carbonyl (C=O) groups is 1. The van der Waals surface area contributed by atoms with Crippen LogP contribution in [0.15, 0.2) is 36.7 Å². The van der Waals surface area contributed by atoms with Crippen LogP contribution in [0.2, 0.25) is 0 Å². The highest BCUT2D eigenvalue weighted by Gasteiger charge is 2.27. The number of methoxy groups -OCH3 is 1. The van der Waals surface area contributed by atoms with Gasteiger partial charge in [-0.25, -0.2) is 9.37 Å². The molecule has 1 aromatic carbocycles. The van der Waals surface area contributed by atoms with E-state index in [2.05, 4.69) is 9.97 Å². The van der Waals surface area contributed by atoms with E-state index in [0.717, 1.165) is 18.5 Å². The Morgan fingerprint density at radius 1 is 1.20 bits per heavy atom. The summed E-state index contributed by atoms with van der Waals surface area (Å²) in [5, 5.41) is 0. The molecule has 132 valence electrons. The molecule has 1 aromatic heterocycles. The number of benzene rings is 1. The molecule has 7 heteroatoms. The Labute approximate surface area is 145 Å². The van der Waals surface area contributed by atoms with E-state index in [0.29, 0.717) is 24.7 Å². The maximum Gasteiger partial charge on any atom is 0.248 e. The van der Waals surface area contributed by atoms with Gasteiger partial charge in [-0.3, -0.25) is 9.78 Å². The Morgan fingerprint density at radius 2 is 1.88 bits per heavy atom. The van der Waals surface area contributed by atoms with Crippen molar-refractivity contribution in [3.63, 3.8) is 0 Å². The SMILES string of the molecule is COCC(=O)N1CCC(c2nccnc2Oc2ccc(F)cc2)CC1. The molecular weight excluding hydrogens is 325 g/mol. The molecule has 2 aromatic rings. The quantitative estimate of drug-likeness (QED) is 0.834. The molecule has 3 rings (SSSR count). The normalized spacial score (nSPS) is 15.2. The number of carbonyl (C=O) groups excluding carboxylic acids is 1. The lowest BCUT2D eigenvalue weighted by Crippen LogP contribution is -2.39. The minimum atomic E-state index is -0.320. The van der Waals surface area contributed by atoms with Crippen LogP contribution in [0.5, 0.6) is 11.6 Å². The van der Waals surface area contributed by atoms with Crippen molar-refractivity contribution in [2.75, 3.05) is 26.8 Å². The van der Waals surface area contributed by atoms with E-state index in [9.17, 15) is 9.18 Å². The molecule has 2 heterocycles. The molecule has 0 bridgehead atoms. The van der Waals surface area contributed by atoms with E-state index >= 15 is 0 Å². The van der Waals surface area contributed by atoms with Crippen LogP contribution in [0, 0.1) is 5.82 Å². The van der Waals surface area contributed by atoms with Crippen molar-refractivity contribution >= 4 is 5.91 Å². The Morgan fingerprint density at radius 3 is 2.56 bits per heavy atom. The highest BCUT2D eigenvalue weighted by molar-refractivity contribution is 5.77. The summed E-state index contributed by atoms with van der Waals surface area (Å²) >= 11 is 0. The number of rotatable bonds is 5. The zero-order valence-corrected chi connectivity index (χ0v) is 14.0. The van der Waals surface area contributed by atoms with Crippen molar-refractivity contribution in [2.24, 2.45) is 0 Å². The van der Waals surface area contributed by atoms with Crippen LogP contribution in [0.25, 0.3) is 0 Å². The summed E-state index contributed by atoms with van der Waals surface area (Å²) < 4.78 is 23.7. The summed E-state index contributed by atoms with van der Waals surface area (Å²) in [5.41, 5.74) is 0.769. The van der Waals surface area contributed by atoms with Crippen LogP contribution in [-0.2, 0) is 9.53 Å². The summed E-state index contributed by atoms with van der Waals surface area (Å²) in [6.45, 7) is 1.41. The molecule has 0 atom stereocenters. The van der Waals surface area contributed by atoms with Gasteiger partial charge in [0.1, 0.15) is 23.9 Å². The van der Waals surface area contributed by atoms with E-state index in [-0.39, 0.29) is 24.2 Å². The number of ether oxygens (including phenoxy) is 2. The third-order valence-corrected chi connectivity index (χ3v) is 4.22. The van der Waals surface area contributed by atoms with Crippen LogP contribution in [-0.4, -0.2) is 47.6 Å². The Kier molecular flexibility index (Phi) is 5.55. The molecule has 1 saturated heterocycles. The predicted molar refractivity (Wildman–Crippen MR) is 88.9 cm³/mol. The van der Waals surface area contributed by atoms with Gasteiger partial charge in [0.05, 0.1) is 0 Å². The topological polar surface area (TPSA) is 64.5 Å². The number of likely N-dealkylation sites (tertiary alicyclic amines) is 1. The fourth-order valence-electron chi connectivity index (χ4n) is 2.93. The summed E-state index contributed by atoms with van der Waals surface area (Å²) in [6, 6.07) is 5.79. The number of nitrogens with zero attached hydrogens (tertiary/aromatic N) is 3. The monoisotopic (exact) mass is 345 g/mol. The van der Waals surface area contributed by atoms with E-state index in [1.54, 1.807) is 29.4 Å². The number of hydrogen-bond donors (Lipinski definition) is 0. The largest absolute Gasteiger partial charge is 0.437 e.